The number of rotatable bonds is 6. The molecular formula is C19H21NO2. The molecule has 0 saturated heterocycles. The number of benzene rings is 2. The van der Waals surface area contributed by atoms with Crippen LogP contribution in [0.5, 0.6) is 0 Å². The fraction of sp³-hybridized carbons (Fsp3) is 0.211. The third-order valence-electron chi connectivity index (χ3n) is 3.19. The number of carbonyl (C=O) groups is 1. The van der Waals surface area contributed by atoms with Gasteiger partial charge in [0, 0.05) is 18.3 Å². The predicted molar refractivity (Wildman–Crippen MR) is 90.6 cm³/mol. The maximum atomic E-state index is 11.2. The maximum absolute atomic E-state index is 11.2. The average molecular weight is 295 g/mol. The van der Waals surface area contributed by atoms with E-state index in [1.165, 1.54) is 17.2 Å². The Bertz CT molecular complexity index is 645. The van der Waals surface area contributed by atoms with Crippen LogP contribution in [0.4, 0.5) is 5.69 Å². The van der Waals surface area contributed by atoms with Crippen molar-refractivity contribution in [2.45, 2.75) is 20.4 Å². The van der Waals surface area contributed by atoms with Crippen LogP contribution in [0.3, 0.4) is 0 Å². The fourth-order valence-electron chi connectivity index (χ4n) is 2.09. The van der Waals surface area contributed by atoms with Crippen molar-refractivity contribution in [3.63, 3.8) is 0 Å². The molecule has 2 aromatic rings. The molecule has 0 unspecified atom stereocenters. The lowest BCUT2D eigenvalue weighted by Gasteiger charge is -2.07. The lowest BCUT2D eigenvalue weighted by molar-refractivity contribution is -0.137. The lowest BCUT2D eigenvalue weighted by atomic mass is 10.1. The van der Waals surface area contributed by atoms with Crippen molar-refractivity contribution in [2.75, 3.05) is 11.9 Å². The summed E-state index contributed by atoms with van der Waals surface area (Å²) in [6.45, 7) is 5.07. The van der Waals surface area contributed by atoms with E-state index >= 15 is 0 Å². The highest BCUT2D eigenvalue weighted by molar-refractivity contribution is 5.87. The zero-order valence-electron chi connectivity index (χ0n) is 13.0. The number of aryl methyl sites for hydroxylation is 1. The first-order chi connectivity index (χ1) is 10.7. The van der Waals surface area contributed by atoms with Gasteiger partial charge >= 0.3 is 5.97 Å². The Labute approximate surface area is 131 Å². The van der Waals surface area contributed by atoms with Gasteiger partial charge in [0.25, 0.3) is 0 Å². The van der Waals surface area contributed by atoms with Gasteiger partial charge in [0.2, 0.25) is 0 Å². The number of nitrogens with one attached hydrogen (secondary N) is 1. The molecule has 0 heterocycles. The van der Waals surface area contributed by atoms with Crippen molar-refractivity contribution in [3.05, 3.63) is 71.3 Å². The quantitative estimate of drug-likeness (QED) is 0.641. The van der Waals surface area contributed by atoms with Crippen molar-refractivity contribution < 1.29 is 9.53 Å². The normalized spacial score (nSPS) is 10.6. The molecule has 0 aliphatic rings. The predicted octanol–water partition coefficient (Wildman–Crippen LogP) is 4.18. The third kappa shape index (κ3) is 5.09. The second-order valence-corrected chi connectivity index (χ2v) is 5.05. The van der Waals surface area contributed by atoms with E-state index in [4.69, 9.17) is 4.74 Å². The molecular weight excluding hydrogens is 274 g/mol. The molecule has 0 bridgehead atoms. The van der Waals surface area contributed by atoms with Crippen LogP contribution in [0, 0.1) is 6.92 Å². The van der Waals surface area contributed by atoms with E-state index in [9.17, 15) is 4.79 Å². The fourth-order valence-corrected chi connectivity index (χ4v) is 2.09. The molecule has 0 fully saturated rings. The second-order valence-electron chi connectivity index (χ2n) is 5.05. The summed E-state index contributed by atoms with van der Waals surface area (Å²) in [4.78, 5) is 11.2. The molecule has 22 heavy (non-hydrogen) atoms. The first kappa shape index (κ1) is 15.8. The number of anilines is 1. The minimum Gasteiger partial charge on any atom is -0.463 e. The molecule has 0 amide bonds. The Morgan fingerprint density at radius 3 is 2.64 bits per heavy atom. The molecule has 0 saturated carbocycles. The van der Waals surface area contributed by atoms with Crippen LogP contribution >= 0.6 is 0 Å². The lowest BCUT2D eigenvalue weighted by Crippen LogP contribution is -1.99. The molecule has 2 aromatic carbocycles. The molecule has 114 valence electrons. The number of esters is 1. The molecule has 0 radical (unpaired) electrons. The Hall–Kier alpha value is -2.55. The first-order valence-corrected chi connectivity index (χ1v) is 7.41. The Balaban J connectivity index is 1.90. The zero-order valence-corrected chi connectivity index (χ0v) is 13.0. The van der Waals surface area contributed by atoms with Gasteiger partial charge in [-0.05, 0) is 43.2 Å². The molecule has 0 aliphatic carbocycles. The standard InChI is InChI=1S/C19H21NO2/c1-3-22-19(21)12-9-16-7-10-18(11-8-16)20-14-17-6-4-5-15(2)13-17/h4-13,20H,3,14H2,1-2H3/b12-9+. The SMILES string of the molecule is CCOC(=O)/C=C/c1ccc(NCc2cccc(C)c2)cc1. The first-order valence-electron chi connectivity index (χ1n) is 7.41. The van der Waals surface area contributed by atoms with Crippen molar-refractivity contribution >= 4 is 17.7 Å². The Kier molecular flexibility index (Phi) is 5.78. The molecule has 1 N–H and O–H groups in total. The van der Waals surface area contributed by atoms with Crippen LogP contribution in [-0.2, 0) is 16.1 Å². The number of ether oxygens (including phenoxy) is 1. The third-order valence-corrected chi connectivity index (χ3v) is 3.19. The molecule has 0 aromatic heterocycles. The van der Waals surface area contributed by atoms with Crippen LogP contribution in [-0.4, -0.2) is 12.6 Å². The number of hydrogen-bond donors (Lipinski definition) is 1. The van der Waals surface area contributed by atoms with Gasteiger partial charge in [-0.15, -0.1) is 0 Å². The Morgan fingerprint density at radius 1 is 1.18 bits per heavy atom. The maximum Gasteiger partial charge on any atom is 0.330 e. The van der Waals surface area contributed by atoms with Crippen LogP contribution in [0.15, 0.2) is 54.6 Å². The summed E-state index contributed by atoms with van der Waals surface area (Å²) in [5.41, 5.74) is 4.54. The van der Waals surface area contributed by atoms with Gasteiger partial charge in [-0.2, -0.15) is 0 Å². The van der Waals surface area contributed by atoms with Gasteiger partial charge in [0.05, 0.1) is 6.61 Å². The van der Waals surface area contributed by atoms with Crippen molar-refractivity contribution in [1.29, 1.82) is 0 Å². The number of hydrogen-bond acceptors (Lipinski definition) is 3. The largest absolute Gasteiger partial charge is 0.463 e. The van der Waals surface area contributed by atoms with Crippen LogP contribution in [0.2, 0.25) is 0 Å². The minimum absolute atomic E-state index is 0.316. The summed E-state index contributed by atoms with van der Waals surface area (Å²) in [6, 6.07) is 16.4. The number of carbonyl (C=O) groups excluding carboxylic acids is 1. The summed E-state index contributed by atoms with van der Waals surface area (Å²) in [5.74, 6) is -0.316. The van der Waals surface area contributed by atoms with Gasteiger partial charge in [-0.1, -0.05) is 42.0 Å². The second kappa shape index (κ2) is 8.03. The van der Waals surface area contributed by atoms with Crippen molar-refractivity contribution in [1.82, 2.24) is 0 Å². The van der Waals surface area contributed by atoms with Gasteiger partial charge in [-0.3, -0.25) is 0 Å². The Morgan fingerprint density at radius 2 is 1.95 bits per heavy atom. The highest BCUT2D eigenvalue weighted by Crippen LogP contribution is 2.13. The van der Waals surface area contributed by atoms with Crippen LogP contribution in [0.1, 0.15) is 23.6 Å². The summed E-state index contributed by atoms with van der Waals surface area (Å²) in [6.07, 6.45) is 3.20. The van der Waals surface area contributed by atoms with Gasteiger partial charge in [0.15, 0.2) is 0 Å². The zero-order chi connectivity index (χ0) is 15.8. The van der Waals surface area contributed by atoms with E-state index in [-0.39, 0.29) is 5.97 Å². The smallest absolute Gasteiger partial charge is 0.330 e. The van der Waals surface area contributed by atoms with Crippen molar-refractivity contribution in [2.24, 2.45) is 0 Å². The highest BCUT2D eigenvalue weighted by atomic mass is 16.5. The highest BCUT2D eigenvalue weighted by Gasteiger charge is 1.96. The van der Waals surface area contributed by atoms with E-state index in [0.717, 1.165) is 17.8 Å². The van der Waals surface area contributed by atoms with Crippen molar-refractivity contribution in [3.8, 4) is 0 Å². The molecule has 0 spiro atoms. The molecule has 0 atom stereocenters. The van der Waals surface area contributed by atoms with Gasteiger partial charge < -0.3 is 10.1 Å². The molecule has 2 rings (SSSR count). The van der Waals surface area contributed by atoms with E-state index < -0.39 is 0 Å². The average Bonchev–Trinajstić information content (AvgIpc) is 2.52. The minimum atomic E-state index is -0.316. The van der Waals surface area contributed by atoms with E-state index in [0.29, 0.717) is 6.61 Å². The molecule has 0 aliphatic heterocycles. The summed E-state index contributed by atoms with van der Waals surface area (Å²) in [5, 5.41) is 3.38. The summed E-state index contributed by atoms with van der Waals surface area (Å²) in [7, 11) is 0. The van der Waals surface area contributed by atoms with E-state index in [1.54, 1.807) is 13.0 Å². The molecule has 3 nitrogen and oxygen atoms in total. The molecule has 3 heteroatoms. The van der Waals surface area contributed by atoms with E-state index in [2.05, 4.69) is 36.5 Å². The summed E-state index contributed by atoms with van der Waals surface area (Å²) < 4.78 is 4.85. The van der Waals surface area contributed by atoms with Gasteiger partial charge in [0.1, 0.15) is 0 Å². The van der Waals surface area contributed by atoms with E-state index in [1.807, 2.05) is 24.3 Å². The van der Waals surface area contributed by atoms with Crippen LogP contribution < -0.4 is 5.32 Å². The summed E-state index contributed by atoms with van der Waals surface area (Å²) >= 11 is 0. The van der Waals surface area contributed by atoms with Gasteiger partial charge in [-0.25, -0.2) is 4.79 Å². The topological polar surface area (TPSA) is 38.3 Å². The van der Waals surface area contributed by atoms with Crippen LogP contribution in [0.25, 0.3) is 6.08 Å². The monoisotopic (exact) mass is 295 g/mol.